The lowest BCUT2D eigenvalue weighted by molar-refractivity contribution is 0.0849. The molecule has 2 unspecified atom stereocenters. The minimum Gasteiger partial charge on any atom is -0.492 e. The van der Waals surface area contributed by atoms with Gasteiger partial charge in [0.2, 0.25) is 0 Å². The molecule has 1 aromatic rings. The van der Waals surface area contributed by atoms with Crippen LogP contribution in [0.4, 0.5) is 0 Å². The molecule has 0 aromatic heterocycles. The molecule has 3 nitrogen and oxygen atoms in total. The van der Waals surface area contributed by atoms with E-state index in [4.69, 9.17) is 16.3 Å². The van der Waals surface area contributed by atoms with Crippen LogP contribution in [0.25, 0.3) is 0 Å². The van der Waals surface area contributed by atoms with Gasteiger partial charge in [-0.1, -0.05) is 32.4 Å². The number of hydrogen-bond donors (Lipinski definition) is 0. The minimum absolute atomic E-state index is 0.130. The fraction of sp³-hybridized carbons (Fsp3) is 0.611. The summed E-state index contributed by atoms with van der Waals surface area (Å²) in [6.07, 6.45) is 2.18. The van der Waals surface area contributed by atoms with Crippen LogP contribution >= 0.6 is 11.6 Å². The molecule has 0 spiro atoms. The Balaban J connectivity index is 1.99. The summed E-state index contributed by atoms with van der Waals surface area (Å²) in [5.74, 6) is 2.10. The van der Waals surface area contributed by atoms with Gasteiger partial charge in [-0.3, -0.25) is 9.69 Å². The van der Waals surface area contributed by atoms with Crippen LogP contribution < -0.4 is 4.74 Å². The minimum atomic E-state index is 0.130. The average molecular weight is 324 g/mol. The van der Waals surface area contributed by atoms with Gasteiger partial charge in [0, 0.05) is 18.7 Å². The predicted molar refractivity (Wildman–Crippen MR) is 91.0 cm³/mol. The van der Waals surface area contributed by atoms with Crippen LogP contribution in [-0.4, -0.2) is 36.9 Å². The topological polar surface area (TPSA) is 29.5 Å². The molecule has 1 aromatic carbocycles. The largest absolute Gasteiger partial charge is 0.492 e. The van der Waals surface area contributed by atoms with Crippen molar-refractivity contribution in [3.05, 3.63) is 28.8 Å². The van der Waals surface area contributed by atoms with Crippen LogP contribution in [-0.2, 0) is 0 Å². The number of piperidine rings is 1. The summed E-state index contributed by atoms with van der Waals surface area (Å²) in [7, 11) is 0. The van der Waals surface area contributed by atoms with Crippen molar-refractivity contribution in [3.63, 3.8) is 0 Å². The molecule has 0 saturated carbocycles. The van der Waals surface area contributed by atoms with E-state index in [0.29, 0.717) is 41.3 Å². The van der Waals surface area contributed by atoms with Crippen molar-refractivity contribution in [1.82, 2.24) is 4.90 Å². The maximum absolute atomic E-state index is 12.5. The Labute approximate surface area is 138 Å². The quantitative estimate of drug-likeness (QED) is 0.731. The van der Waals surface area contributed by atoms with E-state index in [1.54, 1.807) is 12.1 Å². The molecule has 0 N–H and O–H groups in total. The van der Waals surface area contributed by atoms with Crippen molar-refractivity contribution in [1.29, 1.82) is 0 Å². The van der Waals surface area contributed by atoms with E-state index in [1.807, 2.05) is 13.0 Å². The lowest BCUT2D eigenvalue weighted by atomic mass is 9.91. The highest BCUT2D eigenvalue weighted by atomic mass is 35.5. The van der Waals surface area contributed by atoms with Gasteiger partial charge in [-0.15, -0.1) is 0 Å². The molecular weight excluding hydrogens is 298 g/mol. The van der Waals surface area contributed by atoms with Gasteiger partial charge in [0.1, 0.15) is 5.75 Å². The number of hydrogen-bond acceptors (Lipinski definition) is 3. The summed E-state index contributed by atoms with van der Waals surface area (Å²) in [4.78, 5) is 14.7. The molecule has 2 rings (SSSR count). The van der Waals surface area contributed by atoms with E-state index in [9.17, 15) is 4.79 Å². The molecule has 1 heterocycles. The van der Waals surface area contributed by atoms with Gasteiger partial charge in [0.25, 0.3) is 0 Å². The zero-order chi connectivity index (χ0) is 16.1. The number of Topliss-reactive ketones (excluding diaryl/α,β-unsaturated/α-hetero) is 1. The van der Waals surface area contributed by atoms with Gasteiger partial charge < -0.3 is 4.74 Å². The van der Waals surface area contributed by atoms with Gasteiger partial charge in [0.05, 0.1) is 18.2 Å². The van der Waals surface area contributed by atoms with E-state index >= 15 is 0 Å². The first kappa shape index (κ1) is 17.3. The molecule has 22 heavy (non-hydrogen) atoms. The Hall–Kier alpha value is -1.06. The smallest absolute Gasteiger partial charge is 0.176 e. The van der Waals surface area contributed by atoms with E-state index < -0.39 is 0 Å². The van der Waals surface area contributed by atoms with Crippen molar-refractivity contribution >= 4 is 17.4 Å². The third-order valence-corrected chi connectivity index (χ3v) is 4.32. The molecule has 0 radical (unpaired) electrons. The first-order valence-electron chi connectivity index (χ1n) is 8.17. The van der Waals surface area contributed by atoms with E-state index in [-0.39, 0.29) is 5.78 Å². The van der Waals surface area contributed by atoms with Crippen molar-refractivity contribution in [2.45, 2.75) is 33.6 Å². The van der Waals surface area contributed by atoms with Gasteiger partial charge in [-0.05, 0) is 42.9 Å². The third kappa shape index (κ3) is 4.72. The molecule has 1 aliphatic rings. The third-order valence-electron chi connectivity index (χ3n) is 4.03. The molecule has 1 fully saturated rings. The summed E-state index contributed by atoms with van der Waals surface area (Å²) < 4.78 is 5.55. The number of carbonyl (C=O) groups is 1. The van der Waals surface area contributed by atoms with Crippen molar-refractivity contribution in [3.8, 4) is 5.75 Å². The fourth-order valence-electron chi connectivity index (χ4n) is 3.22. The summed E-state index contributed by atoms with van der Waals surface area (Å²) in [6, 6.07) is 5.34. The maximum atomic E-state index is 12.5. The van der Waals surface area contributed by atoms with E-state index in [2.05, 4.69) is 18.7 Å². The Bertz CT molecular complexity index is 508. The van der Waals surface area contributed by atoms with Crippen LogP contribution in [0, 0.1) is 11.8 Å². The van der Waals surface area contributed by atoms with Crippen LogP contribution in [0.3, 0.4) is 0 Å². The maximum Gasteiger partial charge on any atom is 0.176 e. The highest BCUT2D eigenvalue weighted by molar-refractivity contribution is 6.32. The van der Waals surface area contributed by atoms with E-state index in [0.717, 1.165) is 19.5 Å². The molecule has 0 amide bonds. The predicted octanol–water partition coefficient (Wildman–Crippen LogP) is 4.29. The number of ketones is 1. The zero-order valence-electron chi connectivity index (χ0n) is 13.8. The van der Waals surface area contributed by atoms with Crippen molar-refractivity contribution < 1.29 is 9.53 Å². The lowest BCUT2D eigenvalue weighted by Gasteiger charge is -2.34. The number of nitrogens with zero attached hydrogens (tertiary/aromatic N) is 1. The second-order valence-electron chi connectivity index (χ2n) is 6.56. The lowest BCUT2D eigenvalue weighted by Crippen LogP contribution is -2.41. The Morgan fingerprint density at radius 2 is 2.00 bits per heavy atom. The average Bonchev–Trinajstić information content (AvgIpc) is 2.44. The summed E-state index contributed by atoms with van der Waals surface area (Å²) >= 11 is 6.21. The van der Waals surface area contributed by atoms with Crippen molar-refractivity contribution in [2.24, 2.45) is 11.8 Å². The molecular formula is C18H26ClNO2. The molecule has 122 valence electrons. The van der Waals surface area contributed by atoms with Crippen LogP contribution in [0.5, 0.6) is 5.75 Å². The van der Waals surface area contributed by atoms with Crippen LogP contribution in [0.1, 0.15) is 44.0 Å². The van der Waals surface area contributed by atoms with Gasteiger partial charge in [-0.25, -0.2) is 0 Å². The standard InChI is InChI=1S/C18H26ClNO2/c1-4-7-22-18-6-5-15(9-16(18)19)17(21)12-20-10-13(2)8-14(3)11-20/h5-6,9,13-14H,4,7-8,10-12H2,1-3H3. The zero-order valence-corrected chi connectivity index (χ0v) is 14.5. The molecule has 4 heteroatoms. The Morgan fingerprint density at radius 1 is 1.32 bits per heavy atom. The summed E-state index contributed by atoms with van der Waals surface area (Å²) in [6.45, 7) is 9.67. The van der Waals surface area contributed by atoms with E-state index in [1.165, 1.54) is 6.42 Å². The van der Waals surface area contributed by atoms with Gasteiger partial charge >= 0.3 is 0 Å². The second-order valence-corrected chi connectivity index (χ2v) is 6.96. The fourth-order valence-corrected chi connectivity index (χ4v) is 3.45. The normalized spacial score (nSPS) is 22.5. The second kappa shape index (κ2) is 7.98. The van der Waals surface area contributed by atoms with Gasteiger partial charge in [0.15, 0.2) is 5.78 Å². The number of likely N-dealkylation sites (tertiary alicyclic amines) is 1. The Kier molecular flexibility index (Phi) is 6.27. The summed E-state index contributed by atoms with van der Waals surface area (Å²) in [5, 5.41) is 0.514. The number of carbonyl (C=O) groups excluding carboxylic acids is 1. The van der Waals surface area contributed by atoms with Gasteiger partial charge in [-0.2, -0.15) is 0 Å². The van der Waals surface area contributed by atoms with Crippen LogP contribution in [0.15, 0.2) is 18.2 Å². The van der Waals surface area contributed by atoms with Crippen LogP contribution in [0.2, 0.25) is 5.02 Å². The first-order valence-corrected chi connectivity index (χ1v) is 8.55. The molecule has 1 saturated heterocycles. The monoisotopic (exact) mass is 323 g/mol. The Morgan fingerprint density at radius 3 is 2.59 bits per heavy atom. The first-order chi connectivity index (χ1) is 10.5. The molecule has 0 aliphatic carbocycles. The SMILES string of the molecule is CCCOc1ccc(C(=O)CN2CC(C)CC(C)C2)cc1Cl. The molecule has 2 atom stereocenters. The number of benzene rings is 1. The number of ether oxygens (including phenoxy) is 1. The number of rotatable bonds is 6. The summed E-state index contributed by atoms with van der Waals surface area (Å²) in [5.41, 5.74) is 0.666. The number of halogens is 1. The molecule has 1 aliphatic heterocycles. The highest BCUT2D eigenvalue weighted by Crippen LogP contribution is 2.26. The van der Waals surface area contributed by atoms with Crippen molar-refractivity contribution in [2.75, 3.05) is 26.2 Å². The highest BCUT2D eigenvalue weighted by Gasteiger charge is 2.23. The molecule has 0 bridgehead atoms.